The third-order valence-electron chi connectivity index (χ3n) is 2.30. The van der Waals surface area contributed by atoms with Gasteiger partial charge in [-0.25, -0.2) is 9.97 Å². The molecule has 82 valence electrons. The number of benzene rings is 1. The van der Waals surface area contributed by atoms with Crippen LogP contribution in [-0.4, -0.2) is 17.0 Å². The van der Waals surface area contributed by atoms with E-state index in [1.807, 2.05) is 38.2 Å². The number of hydrogen-bond donors (Lipinski definition) is 1. The summed E-state index contributed by atoms with van der Waals surface area (Å²) in [4.78, 5) is 8.90. The Balaban J connectivity index is 2.41. The molecule has 0 spiro atoms. The second-order valence-electron chi connectivity index (χ2n) is 3.71. The lowest BCUT2D eigenvalue weighted by Crippen LogP contribution is -2.10. The van der Waals surface area contributed by atoms with E-state index >= 15 is 0 Å². The van der Waals surface area contributed by atoms with Gasteiger partial charge in [-0.2, -0.15) is 0 Å². The number of hydrogen-bond acceptors (Lipinski definition) is 3. The van der Waals surface area contributed by atoms with Crippen LogP contribution in [-0.2, 0) is 6.54 Å². The summed E-state index contributed by atoms with van der Waals surface area (Å²) in [5.74, 6) is 0.835. The van der Waals surface area contributed by atoms with Crippen LogP contribution in [0.3, 0.4) is 0 Å². The molecule has 0 aliphatic rings. The Morgan fingerprint density at radius 2 is 1.88 bits per heavy atom. The molecule has 0 amide bonds. The van der Waals surface area contributed by atoms with E-state index in [2.05, 4.69) is 27.4 Å². The van der Waals surface area contributed by atoms with Crippen LogP contribution in [0.4, 0.5) is 0 Å². The van der Waals surface area contributed by atoms with Crippen molar-refractivity contribution in [2.45, 2.75) is 13.5 Å². The number of rotatable bonds is 3. The normalized spacial score (nSPS) is 10.4. The maximum absolute atomic E-state index is 4.52. The SMILES string of the molecule is CNCc1nc(C)cc(-c2ccccc2)n1. The maximum Gasteiger partial charge on any atom is 0.143 e. The Bertz CT molecular complexity index is 466. The van der Waals surface area contributed by atoms with Crippen molar-refractivity contribution in [1.82, 2.24) is 15.3 Å². The highest BCUT2D eigenvalue weighted by Crippen LogP contribution is 2.16. The monoisotopic (exact) mass is 213 g/mol. The average molecular weight is 213 g/mol. The average Bonchev–Trinajstić information content (AvgIpc) is 2.30. The van der Waals surface area contributed by atoms with E-state index in [1.165, 1.54) is 0 Å². The number of aryl methyl sites for hydroxylation is 1. The first-order valence-corrected chi connectivity index (χ1v) is 5.34. The highest BCUT2D eigenvalue weighted by molar-refractivity contribution is 5.58. The molecule has 16 heavy (non-hydrogen) atoms. The van der Waals surface area contributed by atoms with Gasteiger partial charge in [0.1, 0.15) is 5.82 Å². The van der Waals surface area contributed by atoms with E-state index in [4.69, 9.17) is 0 Å². The van der Waals surface area contributed by atoms with Crippen molar-refractivity contribution >= 4 is 0 Å². The van der Waals surface area contributed by atoms with Crippen LogP contribution < -0.4 is 5.32 Å². The van der Waals surface area contributed by atoms with Crippen LogP contribution in [0.5, 0.6) is 0 Å². The van der Waals surface area contributed by atoms with Crippen LogP contribution in [0.15, 0.2) is 36.4 Å². The molecule has 3 heteroatoms. The smallest absolute Gasteiger partial charge is 0.143 e. The molecule has 0 atom stereocenters. The summed E-state index contributed by atoms with van der Waals surface area (Å²) in [5, 5.41) is 3.06. The standard InChI is InChI=1S/C13H15N3/c1-10-8-12(11-6-4-3-5-7-11)16-13(15-10)9-14-2/h3-8,14H,9H2,1-2H3. The number of aromatic nitrogens is 2. The Labute approximate surface area is 95.6 Å². The van der Waals surface area contributed by atoms with Gasteiger partial charge in [0.15, 0.2) is 0 Å². The zero-order valence-corrected chi connectivity index (χ0v) is 9.57. The molecule has 2 rings (SSSR count). The fourth-order valence-electron chi connectivity index (χ4n) is 1.62. The summed E-state index contributed by atoms with van der Waals surface area (Å²) in [5.41, 5.74) is 3.11. The molecule has 0 fully saturated rings. The predicted octanol–water partition coefficient (Wildman–Crippen LogP) is 2.17. The van der Waals surface area contributed by atoms with Gasteiger partial charge in [-0.15, -0.1) is 0 Å². The molecule has 1 aromatic carbocycles. The van der Waals surface area contributed by atoms with Gasteiger partial charge in [0, 0.05) is 11.3 Å². The molecule has 0 saturated heterocycles. The van der Waals surface area contributed by atoms with Crippen LogP contribution in [0, 0.1) is 6.92 Å². The van der Waals surface area contributed by atoms with Crippen molar-refractivity contribution < 1.29 is 0 Å². The Morgan fingerprint density at radius 3 is 2.56 bits per heavy atom. The van der Waals surface area contributed by atoms with Crippen LogP contribution in [0.25, 0.3) is 11.3 Å². The van der Waals surface area contributed by atoms with Gasteiger partial charge in [0.25, 0.3) is 0 Å². The van der Waals surface area contributed by atoms with Crippen molar-refractivity contribution in [3.8, 4) is 11.3 Å². The van der Waals surface area contributed by atoms with E-state index in [0.29, 0.717) is 6.54 Å². The summed E-state index contributed by atoms with van der Waals surface area (Å²) in [6.07, 6.45) is 0. The fraction of sp³-hybridized carbons (Fsp3) is 0.231. The molecule has 0 radical (unpaired) electrons. The number of nitrogens with one attached hydrogen (secondary N) is 1. The molecule has 0 unspecified atom stereocenters. The van der Waals surface area contributed by atoms with Gasteiger partial charge in [0.2, 0.25) is 0 Å². The fourth-order valence-corrected chi connectivity index (χ4v) is 1.62. The highest BCUT2D eigenvalue weighted by Gasteiger charge is 2.03. The first-order valence-electron chi connectivity index (χ1n) is 5.34. The van der Waals surface area contributed by atoms with Gasteiger partial charge >= 0.3 is 0 Å². The van der Waals surface area contributed by atoms with E-state index < -0.39 is 0 Å². The van der Waals surface area contributed by atoms with Crippen molar-refractivity contribution in [2.24, 2.45) is 0 Å². The molecule has 0 saturated carbocycles. The minimum atomic E-state index is 0.696. The Hall–Kier alpha value is -1.74. The summed E-state index contributed by atoms with van der Waals surface area (Å²) >= 11 is 0. The minimum absolute atomic E-state index is 0.696. The molecule has 0 aliphatic heterocycles. The van der Waals surface area contributed by atoms with E-state index in [1.54, 1.807) is 0 Å². The second-order valence-corrected chi connectivity index (χ2v) is 3.71. The summed E-state index contributed by atoms with van der Waals surface area (Å²) in [7, 11) is 1.90. The van der Waals surface area contributed by atoms with E-state index in [0.717, 1.165) is 22.8 Å². The first-order chi connectivity index (χ1) is 7.79. The lowest BCUT2D eigenvalue weighted by molar-refractivity contribution is 0.754. The quantitative estimate of drug-likeness (QED) is 0.849. The molecule has 1 N–H and O–H groups in total. The van der Waals surface area contributed by atoms with Crippen molar-refractivity contribution in [3.63, 3.8) is 0 Å². The summed E-state index contributed by atoms with van der Waals surface area (Å²) < 4.78 is 0. The zero-order chi connectivity index (χ0) is 11.4. The van der Waals surface area contributed by atoms with Gasteiger partial charge in [-0.05, 0) is 20.0 Å². The molecule has 1 heterocycles. The maximum atomic E-state index is 4.52. The summed E-state index contributed by atoms with van der Waals surface area (Å²) in [6.45, 7) is 2.69. The largest absolute Gasteiger partial charge is 0.313 e. The van der Waals surface area contributed by atoms with Gasteiger partial charge in [0.05, 0.1) is 12.2 Å². The molecular weight excluding hydrogens is 198 g/mol. The second kappa shape index (κ2) is 4.86. The van der Waals surface area contributed by atoms with E-state index in [9.17, 15) is 0 Å². The van der Waals surface area contributed by atoms with Crippen molar-refractivity contribution in [1.29, 1.82) is 0 Å². The van der Waals surface area contributed by atoms with Gasteiger partial charge in [-0.3, -0.25) is 0 Å². The Morgan fingerprint density at radius 1 is 1.12 bits per heavy atom. The van der Waals surface area contributed by atoms with Crippen LogP contribution in [0.2, 0.25) is 0 Å². The Kier molecular flexibility index (Phi) is 3.27. The molecule has 0 bridgehead atoms. The van der Waals surface area contributed by atoms with Crippen LogP contribution >= 0.6 is 0 Å². The molecule has 3 nitrogen and oxygen atoms in total. The lowest BCUT2D eigenvalue weighted by atomic mass is 10.1. The third-order valence-corrected chi connectivity index (χ3v) is 2.30. The molecule has 2 aromatic rings. The summed E-state index contributed by atoms with van der Waals surface area (Å²) in [6, 6.07) is 12.2. The van der Waals surface area contributed by atoms with Crippen LogP contribution in [0.1, 0.15) is 11.5 Å². The molecule has 0 aliphatic carbocycles. The third kappa shape index (κ3) is 2.44. The minimum Gasteiger partial charge on any atom is -0.313 e. The van der Waals surface area contributed by atoms with E-state index in [-0.39, 0.29) is 0 Å². The first kappa shape index (κ1) is 10.8. The van der Waals surface area contributed by atoms with Gasteiger partial charge in [-0.1, -0.05) is 30.3 Å². The topological polar surface area (TPSA) is 37.8 Å². The number of nitrogens with zero attached hydrogens (tertiary/aromatic N) is 2. The molecule has 1 aromatic heterocycles. The lowest BCUT2D eigenvalue weighted by Gasteiger charge is -2.05. The van der Waals surface area contributed by atoms with Crippen molar-refractivity contribution in [3.05, 3.63) is 47.9 Å². The van der Waals surface area contributed by atoms with Crippen molar-refractivity contribution in [2.75, 3.05) is 7.05 Å². The highest BCUT2D eigenvalue weighted by atomic mass is 15.0. The molecular formula is C13H15N3. The zero-order valence-electron chi connectivity index (χ0n) is 9.57. The van der Waals surface area contributed by atoms with Gasteiger partial charge < -0.3 is 5.32 Å². The predicted molar refractivity (Wildman–Crippen MR) is 65.0 cm³/mol.